The summed E-state index contributed by atoms with van der Waals surface area (Å²) in [6, 6.07) is 15.5. The van der Waals surface area contributed by atoms with Gasteiger partial charge in [-0.25, -0.2) is 0 Å². The molecule has 2 aromatic rings. The van der Waals surface area contributed by atoms with Gasteiger partial charge in [0.1, 0.15) is 0 Å². The zero-order valence-corrected chi connectivity index (χ0v) is 12.2. The van der Waals surface area contributed by atoms with Crippen LogP contribution in [0, 0.1) is 6.92 Å². The van der Waals surface area contributed by atoms with Gasteiger partial charge >= 0.3 is 0 Å². The molecule has 2 aromatic carbocycles. The molecule has 1 amide bonds. The van der Waals surface area contributed by atoms with Gasteiger partial charge < -0.3 is 11.1 Å². The molecule has 104 valence electrons. The van der Waals surface area contributed by atoms with E-state index in [-0.39, 0.29) is 5.91 Å². The zero-order chi connectivity index (χ0) is 14.4. The quantitative estimate of drug-likeness (QED) is 0.651. The van der Waals surface area contributed by atoms with Crippen molar-refractivity contribution < 1.29 is 4.79 Å². The fourth-order valence-corrected chi connectivity index (χ4v) is 2.60. The van der Waals surface area contributed by atoms with Crippen LogP contribution in [0.2, 0.25) is 0 Å². The molecule has 0 unspecified atom stereocenters. The molecular weight excluding hydrogens is 268 g/mol. The van der Waals surface area contributed by atoms with Crippen LogP contribution < -0.4 is 11.1 Å². The van der Waals surface area contributed by atoms with Gasteiger partial charge in [0, 0.05) is 28.4 Å². The van der Waals surface area contributed by atoms with Crippen LogP contribution >= 0.6 is 11.8 Å². The van der Waals surface area contributed by atoms with E-state index in [2.05, 4.69) is 5.32 Å². The fraction of sp³-hybridized carbons (Fsp3) is 0.188. The molecule has 2 rings (SSSR count). The van der Waals surface area contributed by atoms with E-state index in [1.807, 2.05) is 55.5 Å². The minimum Gasteiger partial charge on any atom is -0.399 e. The number of amides is 1. The maximum atomic E-state index is 11.9. The second kappa shape index (κ2) is 7.01. The van der Waals surface area contributed by atoms with Crippen LogP contribution in [0.5, 0.6) is 0 Å². The number of aryl methyl sites for hydroxylation is 1. The Bertz CT molecular complexity index is 581. The first-order valence-corrected chi connectivity index (χ1v) is 7.47. The molecule has 0 saturated carbocycles. The number of thioether (sulfide) groups is 1. The molecule has 20 heavy (non-hydrogen) atoms. The number of nitrogens with two attached hydrogens (primary N) is 1. The summed E-state index contributed by atoms with van der Waals surface area (Å²) in [7, 11) is 0. The number of nitrogens with one attached hydrogen (secondary N) is 1. The minimum atomic E-state index is 0.0437. The lowest BCUT2D eigenvalue weighted by atomic mass is 10.2. The monoisotopic (exact) mass is 286 g/mol. The van der Waals surface area contributed by atoms with Crippen LogP contribution in [0.15, 0.2) is 53.4 Å². The molecule has 0 radical (unpaired) electrons. The SMILES string of the molecule is Cc1ccccc1NC(=O)CCSc1ccc(N)cc1. The normalized spacial score (nSPS) is 10.2. The number of carbonyl (C=O) groups excluding carboxylic acids is 1. The van der Waals surface area contributed by atoms with E-state index in [0.717, 1.165) is 27.6 Å². The average Bonchev–Trinajstić information content (AvgIpc) is 2.44. The van der Waals surface area contributed by atoms with Crippen LogP contribution in [0.1, 0.15) is 12.0 Å². The summed E-state index contributed by atoms with van der Waals surface area (Å²) in [6.45, 7) is 1.98. The average molecular weight is 286 g/mol. The number of rotatable bonds is 5. The fourth-order valence-electron chi connectivity index (χ4n) is 1.75. The summed E-state index contributed by atoms with van der Waals surface area (Å²) in [5.41, 5.74) is 8.35. The Hall–Kier alpha value is -1.94. The van der Waals surface area contributed by atoms with E-state index in [1.165, 1.54) is 0 Å². The molecule has 0 aliphatic carbocycles. The number of hydrogen-bond acceptors (Lipinski definition) is 3. The number of hydrogen-bond donors (Lipinski definition) is 2. The topological polar surface area (TPSA) is 55.1 Å². The highest BCUT2D eigenvalue weighted by molar-refractivity contribution is 7.99. The molecule has 3 nitrogen and oxygen atoms in total. The van der Waals surface area contributed by atoms with Gasteiger partial charge in [0.15, 0.2) is 0 Å². The standard InChI is InChI=1S/C16H18N2OS/c1-12-4-2-3-5-15(12)18-16(19)10-11-20-14-8-6-13(17)7-9-14/h2-9H,10-11,17H2,1H3,(H,18,19). The predicted molar refractivity (Wildman–Crippen MR) is 86.0 cm³/mol. The molecule has 3 N–H and O–H groups in total. The van der Waals surface area contributed by atoms with E-state index in [9.17, 15) is 4.79 Å². The van der Waals surface area contributed by atoms with Crippen LogP contribution in [0.25, 0.3) is 0 Å². The Morgan fingerprint density at radius 3 is 2.55 bits per heavy atom. The first-order chi connectivity index (χ1) is 9.65. The molecule has 4 heteroatoms. The molecule has 0 aliphatic heterocycles. The summed E-state index contributed by atoms with van der Waals surface area (Å²) in [4.78, 5) is 13.0. The Morgan fingerprint density at radius 2 is 1.85 bits per heavy atom. The second-order valence-electron chi connectivity index (χ2n) is 4.53. The summed E-state index contributed by atoms with van der Waals surface area (Å²) in [5, 5.41) is 2.93. The number of para-hydroxylation sites is 1. The zero-order valence-electron chi connectivity index (χ0n) is 11.4. The molecule has 0 aromatic heterocycles. The number of nitrogen functional groups attached to an aromatic ring is 1. The lowest BCUT2D eigenvalue weighted by Crippen LogP contribution is -2.12. The molecule has 0 aliphatic rings. The van der Waals surface area contributed by atoms with Gasteiger partial charge in [-0.1, -0.05) is 18.2 Å². The van der Waals surface area contributed by atoms with Crippen LogP contribution in [-0.4, -0.2) is 11.7 Å². The van der Waals surface area contributed by atoms with Crippen molar-refractivity contribution in [1.29, 1.82) is 0 Å². The van der Waals surface area contributed by atoms with E-state index in [1.54, 1.807) is 11.8 Å². The van der Waals surface area contributed by atoms with Crippen molar-refractivity contribution in [3.05, 3.63) is 54.1 Å². The first-order valence-electron chi connectivity index (χ1n) is 6.49. The highest BCUT2D eigenvalue weighted by Crippen LogP contribution is 2.20. The third-order valence-electron chi connectivity index (χ3n) is 2.90. The largest absolute Gasteiger partial charge is 0.399 e. The lowest BCUT2D eigenvalue weighted by Gasteiger charge is -2.08. The molecule has 0 atom stereocenters. The van der Waals surface area contributed by atoms with E-state index in [0.29, 0.717) is 6.42 Å². The van der Waals surface area contributed by atoms with E-state index in [4.69, 9.17) is 5.73 Å². The highest BCUT2D eigenvalue weighted by atomic mass is 32.2. The van der Waals surface area contributed by atoms with Crippen molar-refractivity contribution in [3.8, 4) is 0 Å². The van der Waals surface area contributed by atoms with Gasteiger partial charge in [-0.3, -0.25) is 4.79 Å². The van der Waals surface area contributed by atoms with Crippen molar-refractivity contribution in [1.82, 2.24) is 0 Å². The third kappa shape index (κ3) is 4.31. The van der Waals surface area contributed by atoms with Crippen LogP contribution in [-0.2, 0) is 4.79 Å². The van der Waals surface area contributed by atoms with Crippen molar-refractivity contribution >= 4 is 29.0 Å². The van der Waals surface area contributed by atoms with Crippen LogP contribution in [0.4, 0.5) is 11.4 Å². The van der Waals surface area contributed by atoms with Crippen molar-refractivity contribution in [3.63, 3.8) is 0 Å². The van der Waals surface area contributed by atoms with Gasteiger partial charge in [0.2, 0.25) is 5.91 Å². The smallest absolute Gasteiger partial charge is 0.225 e. The lowest BCUT2D eigenvalue weighted by molar-refractivity contribution is -0.115. The van der Waals surface area contributed by atoms with E-state index < -0.39 is 0 Å². The first kappa shape index (κ1) is 14.5. The molecule has 0 spiro atoms. The maximum absolute atomic E-state index is 11.9. The van der Waals surface area contributed by atoms with Crippen molar-refractivity contribution in [2.75, 3.05) is 16.8 Å². The summed E-state index contributed by atoms with van der Waals surface area (Å²) in [5.74, 6) is 0.795. The Kier molecular flexibility index (Phi) is 5.07. The molecule has 0 heterocycles. The summed E-state index contributed by atoms with van der Waals surface area (Å²) < 4.78 is 0. The summed E-state index contributed by atoms with van der Waals surface area (Å²) >= 11 is 1.66. The van der Waals surface area contributed by atoms with Crippen LogP contribution in [0.3, 0.4) is 0 Å². The minimum absolute atomic E-state index is 0.0437. The molecule has 0 saturated heterocycles. The van der Waals surface area contributed by atoms with Gasteiger partial charge in [0.05, 0.1) is 0 Å². The van der Waals surface area contributed by atoms with Crippen molar-refractivity contribution in [2.45, 2.75) is 18.2 Å². The molecule has 0 bridgehead atoms. The third-order valence-corrected chi connectivity index (χ3v) is 3.91. The van der Waals surface area contributed by atoms with Crippen molar-refractivity contribution in [2.24, 2.45) is 0 Å². The van der Waals surface area contributed by atoms with Gasteiger partial charge in [-0.2, -0.15) is 0 Å². The highest BCUT2D eigenvalue weighted by Gasteiger charge is 2.04. The van der Waals surface area contributed by atoms with Gasteiger partial charge in [-0.15, -0.1) is 11.8 Å². The Balaban J connectivity index is 1.78. The van der Waals surface area contributed by atoms with E-state index >= 15 is 0 Å². The number of benzene rings is 2. The molecule has 0 fully saturated rings. The Labute approximate surface area is 123 Å². The maximum Gasteiger partial charge on any atom is 0.225 e. The molecular formula is C16H18N2OS. The summed E-state index contributed by atoms with van der Waals surface area (Å²) in [6.07, 6.45) is 0.489. The van der Waals surface area contributed by atoms with Gasteiger partial charge in [0.25, 0.3) is 0 Å². The predicted octanol–water partition coefficient (Wildman–Crippen LogP) is 3.70. The number of carbonyl (C=O) groups is 1. The van der Waals surface area contributed by atoms with Gasteiger partial charge in [-0.05, 0) is 42.8 Å². The second-order valence-corrected chi connectivity index (χ2v) is 5.70. The Morgan fingerprint density at radius 1 is 1.15 bits per heavy atom. The number of anilines is 2.